The molecule has 10 heteroatoms. The zero-order valence-electron chi connectivity index (χ0n) is 16.8. The van der Waals surface area contributed by atoms with Crippen LogP contribution in [0.5, 0.6) is 0 Å². The fourth-order valence-electron chi connectivity index (χ4n) is 3.51. The first kappa shape index (κ1) is 21.1. The largest absolute Gasteiger partial charge is 0.403 e. The Bertz CT molecular complexity index is 1190. The molecule has 0 aliphatic carbocycles. The van der Waals surface area contributed by atoms with Crippen LogP contribution < -0.4 is 5.32 Å². The Morgan fingerprint density at radius 2 is 1.97 bits per heavy atom. The zero-order valence-corrected chi connectivity index (χ0v) is 17.6. The minimum absolute atomic E-state index is 0.00495. The highest BCUT2D eigenvalue weighted by Gasteiger charge is 2.33. The Morgan fingerprint density at radius 1 is 1.19 bits per heavy atom. The highest BCUT2D eigenvalue weighted by molar-refractivity contribution is 7.89. The summed E-state index contributed by atoms with van der Waals surface area (Å²) in [7, 11) is -3.82. The molecule has 1 saturated heterocycles. The molecule has 0 bridgehead atoms. The van der Waals surface area contributed by atoms with Crippen molar-refractivity contribution in [1.82, 2.24) is 14.5 Å². The van der Waals surface area contributed by atoms with Gasteiger partial charge < -0.3 is 4.42 Å². The molecular weight excluding hydrogens is 423 g/mol. The minimum atomic E-state index is -3.82. The lowest BCUT2D eigenvalue weighted by atomic mass is 9.99. The van der Waals surface area contributed by atoms with E-state index >= 15 is 0 Å². The van der Waals surface area contributed by atoms with Gasteiger partial charge in [-0.1, -0.05) is 22.8 Å². The minimum Gasteiger partial charge on any atom is -0.403 e. The van der Waals surface area contributed by atoms with E-state index in [0.717, 1.165) is 23.3 Å². The number of amides is 1. The third-order valence-corrected chi connectivity index (χ3v) is 7.01. The molecule has 0 radical (unpaired) electrons. The Hall–Kier alpha value is -3.11. The third-order valence-electron chi connectivity index (χ3n) is 5.13. The molecule has 1 aliphatic heterocycles. The molecule has 1 N–H and O–H groups in total. The van der Waals surface area contributed by atoms with E-state index < -0.39 is 27.7 Å². The summed E-state index contributed by atoms with van der Waals surface area (Å²) in [5.74, 6) is -1.20. The van der Waals surface area contributed by atoms with Crippen molar-refractivity contribution in [2.45, 2.75) is 24.7 Å². The van der Waals surface area contributed by atoms with Gasteiger partial charge in [0, 0.05) is 18.7 Å². The molecule has 1 aliphatic rings. The maximum absolute atomic E-state index is 13.1. The molecule has 8 nitrogen and oxygen atoms in total. The number of anilines is 1. The summed E-state index contributed by atoms with van der Waals surface area (Å²) in [6, 6.07) is 12.1. The number of nitrogens with one attached hydrogen (secondary N) is 1. The number of sulfonamides is 1. The summed E-state index contributed by atoms with van der Waals surface area (Å²) in [5.41, 5.74) is 1.77. The van der Waals surface area contributed by atoms with Crippen molar-refractivity contribution in [1.29, 1.82) is 0 Å². The fraction of sp³-hybridized carbons (Fsp3) is 0.286. The Labute approximate surface area is 179 Å². The molecule has 1 unspecified atom stereocenters. The molecular formula is C21H21FN4O4S. The van der Waals surface area contributed by atoms with Crippen LogP contribution in [0.25, 0.3) is 11.5 Å². The first-order valence-electron chi connectivity index (χ1n) is 9.80. The molecule has 4 rings (SSSR count). The number of carbonyl (C=O) groups is 1. The summed E-state index contributed by atoms with van der Waals surface area (Å²) < 4.78 is 45.6. The normalized spacial score (nSPS) is 17.4. The molecule has 0 spiro atoms. The second kappa shape index (κ2) is 8.56. The van der Waals surface area contributed by atoms with Crippen LogP contribution >= 0.6 is 0 Å². The van der Waals surface area contributed by atoms with Gasteiger partial charge in [0.2, 0.25) is 21.8 Å². The van der Waals surface area contributed by atoms with Crippen LogP contribution in [0.2, 0.25) is 0 Å². The van der Waals surface area contributed by atoms with Crippen LogP contribution in [0.4, 0.5) is 10.4 Å². The summed E-state index contributed by atoms with van der Waals surface area (Å²) in [6.07, 6.45) is 1.05. The average molecular weight is 444 g/mol. The first-order chi connectivity index (χ1) is 14.8. The molecule has 1 fully saturated rings. The molecule has 1 atom stereocenters. The van der Waals surface area contributed by atoms with E-state index in [0.29, 0.717) is 19.4 Å². The monoisotopic (exact) mass is 444 g/mol. The number of piperidine rings is 1. The molecule has 1 aromatic heterocycles. The number of nitrogens with zero attached hydrogens (tertiary/aromatic N) is 3. The Balaban J connectivity index is 1.44. The van der Waals surface area contributed by atoms with E-state index in [4.69, 9.17) is 4.42 Å². The van der Waals surface area contributed by atoms with E-state index in [9.17, 15) is 17.6 Å². The number of hydrogen-bond acceptors (Lipinski definition) is 6. The standard InChI is InChI=1S/C21H21FN4O4S/c1-14-4-2-5-15(12-14)20-24-25-21(30-20)23-19(27)16-6-3-11-26(13-16)31(28,29)18-9-7-17(22)8-10-18/h2,4-5,7-10,12,16H,3,6,11,13H2,1H3,(H,23,25,27). The van der Waals surface area contributed by atoms with Crippen molar-refractivity contribution in [2.24, 2.45) is 5.92 Å². The molecule has 2 heterocycles. The van der Waals surface area contributed by atoms with E-state index in [1.54, 1.807) is 0 Å². The lowest BCUT2D eigenvalue weighted by Crippen LogP contribution is -2.43. The van der Waals surface area contributed by atoms with Gasteiger partial charge in [0.05, 0.1) is 10.8 Å². The van der Waals surface area contributed by atoms with Crippen LogP contribution in [0.1, 0.15) is 18.4 Å². The molecule has 31 heavy (non-hydrogen) atoms. The van der Waals surface area contributed by atoms with Crippen molar-refractivity contribution in [3.05, 3.63) is 59.9 Å². The predicted molar refractivity (Wildman–Crippen MR) is 111 cm³/mol. The lowest BCUT2D eigenvalue weighted by Gasteiger charge is -2.30. The van der Waals surface area contributed by atoms with Crippen LogP contribution in [0.3, 0.4) is 0 Å². The van der Waals surface area contributed by atoms with Gasteiger partial charge in [-0.25, -0.2) is 12.8 Å². The van der Waals surface area contributed by atoms with Gasteiger partial charge in [0.25, 0.3) is 0 Å². The van der Waals surface area contributed by atoms with Crippen molar-refractivity contribution < 1.29 is 22.0 Å². The number of hydrogen-bond donors (Lipinski definition) is 1. The maximum Gasteiger partial charge on any atom is 0.322 e. The number of halogens is 1. The first-order valence-corrected chi connectivity index (χ1v) is 11.2. The van der Waals surface area contributed by atoms with E-state index in [1.807, 2.05) is 31.2 Å². The zero-order chi connectivity index (χ0) is 22.0. The molecule has 1 amide bonds. The summed E-state index contributed by atoms with van der Waals surface area (Å²) >= 11 is 0. The van der Waals surface area contributed by atoms with Gasteiger partial charge in [-0.05, 0) is 56.2 Å². The fourth-order valence-corrected chi connectivity index (χ4v) is 5.03. The number of aromatic nitrogens is 2. The Kier molecular flexibility index (Phi) is 5.84. The summed E-state index contributed by atoms with van der Waals surface area (Å²) in [6.45, 7) is 2.25. The molecule has 162 valence electrons. The summed E-state index contributed by atoms with van der Waals surface area (Å²) in [5, 5.41) is 10.4. The van der Waals surface area contributed by atoms with E-state index in [1.165, 1.54) is 16.4 Å². The van der Waals surface area contributed by atoms with Crippen molar-refractivity contribution in [3.63, 3.8) is 0 Å². The van der Waals surface area contributed by atoms with Gasteiger partial charge in [0.15, 0.2) is 0 Å². The van der Waals surface area contributed by atoms with Gasteiger partial charge in [-0.2, -0.15) is 4.31 Å². The van der Waals surface area contributed by atoms with Crippen LogP contribution in [0.15, 0.2) is 57.8 Å². The average Bonchev–Trinajstić information content (AvgIpc) is 3.23. The van der Waals surface area contributed by atoms with E-state index in [2.05, 4.69) is 15.5 Å². The van der Waals surface area contributed by atoms with E-state index in [-0.39, 0.29) is 23.3 Å². The predicted octanol–water partition coefficient (Wildman–Crippen LogP) is 3.22. The summed E-state index contributed by atoms with van der Waals surface area (Å²) in [4.78, 5) is 12.7. The smallest absolute Gasteiger partial charge is 0.322 e. The Morgan fingerprint density at radius 3 is 2.71 bits per heavy atom. The molecule has 2 aromatic carbocycles. The highest BCUT2D eigenvalue weighted by atomic mass is 32.2. The second-order valence-corrected chi connectivity index (χ2v) is 9.37. The second-order valence-electron chi connectivity index (χ2n) is 7.43. The van der Waals surface area contributed by atoms with Gasteiger partial charge in [-0.3, -0.25) is 10.1 Å². The highest BCUT2D eigenvalue weighted by Crippen LogP contribution is 2.26. The molecule has 3 aromatic rings. The van der Waals surface area contributed by atoms with Gasteiger partial charge in [0.1, 0.15) is 5.82 Å². The van der Waals surface area contributed by atoms with Crippen LogP contribution in [-0.4, -0.2) is 41.9 Å². The quantitative estimate of drug-likeness (QED) is 0.648. The number of carbonyl (C=O) groups excluding carboxylic acids is 1. The number of aryl methyl sites for hydroxylation is 1. The van der Waals surface area contributed by atoms with Crippen LogP contribution in [0, 0.1) is 18.7 Å². The van der Waals surface area contributed by atoms with Gasteiger partial charge in [-0.15, -0.1) is 5.10 Å². The maximum atomic E-state index is 13.1. The van der Waals surface area contributed by atoms with Gasteiger partial charge >= 0.3 is 6.01 Å². The topological polar surface area (TPSA) is 105 Å². The van der Waals surface area contributed by atoms with Crippen molar-refractivity contribution >= 4 is 21.9 Å². The molecule has 0 saturated carbocycles. The lowest BCUT2D eigenvalue weighted by molar-refractivity contribution is -0.121. The van der Waals surface area contributed by atoms with Crippen molar-refractivity contribution in [2.75, 3.05) is 18.4 Å². The third kappa shape index (κ3) is 4.64. The number of rotatable bonds is 5. The number of benzene rings is 2. The van der Waals surface area contributed by atoms with Crippen LogP contribution in [-0.2, 0) is 14.8 Å². The SMILES string of the molecule is Cc1cccc(-c2nnc(NC(=O)C3CCCN(S(=O)(=O)c4ccc(F)cc4)C3)o2)c1. The van der Waals surface area contributed by atoms with Crippen molar-refractivity contribution in [3.8, 4) is 11.5 Å².